The van der Waals surface area contributed by atoms with Crippen molar-refractivity contribution in [1.82, 2.24) is 10.2 Å². The Morgan fingerprint density at radius 1 is 1.33 bits per heavy atom. The van der Waals surface area contributed by atoms with Gasteiger partial charge in [0.1, 0.15) is 0 Å². The number of benzene rings is 1. The zero-order valence-corrected chi connectivity index (χ0v) is 15.2. The van der Waals surface area contributed by atoms with Gasteiger partial charge in [0, 0.05) is 31.7 Å². The molecule has 0 aliphatic carbocycles. The van der Waals surface area contributed by atoms with Gasteiger partial charge in [0.15, 0.2) is 0 Å². The van der Waals surface area contributed by atoms with Gasteiger partial charge >= 0.3 is 5.97 Å². The lowest BCUT2D eigenvalue weighted by atomic mass is 9.94. The van der Waals surface area contributed by atoms with Gasteiger partial charge in [-0.2, -0.15) is 0 Å². The topological polar surface area (TPSA) is 52.6 Å². The number of likely N-dealkylation sites (tertiary alicyclic amines) is 1. The Morgan fingerprint density at radius 3 is 2.62 bits per heavy atom. The molecule has 2 rings (SSSR count). The number of piperidine rings is 1. The summed E-state index contributed by atoms with van der Waals surface area (Å²) in [4.78, 5) is 13.9. The summed E-state index contributed by atoms with van der Waals surface area (Å²) < 4.78 is 0. The zero-order valence-electron chi connectivity index (χ0n) is 15.2. The highest BCUT2D eigenvalue weighted by molar-refractivity contribution is 5.70. The van der Waals surface area contributed by atoms with Crippen molar-refractivity contribution in [2.75, 3.05) is 13.1 Å². The number of carboxylic acids is 1. The molecule has 0 radical (unpaired) electrons. The number of nitrogens with one attached hydrogen (secondary N) is 1. The fourth-order valence-electron chi connectivity index (χ4n) is 3.61. The molecule has 3 atom stereocenters. The molecular formula is C20H32N2O2. The molecule has 1 heterocycles. The summed E-state index contributed by atoms with van der Waals surface area (Å²) in [6.07, 6.45) is 2.91. The van der Waals surface area contributed by atoms with Crippen LogP contribution in [0.1, 0.15) is 45.6 Å². The number of rotatable bonds is 8. The van der Waals surface area contributed by atoms with Gasteiger partial charge in [-0.3, -0.25) is 9.69 Å². The van der Waals surface area contributed by atoms with Crippen molar-refractivity contribution < 1.29 is 9.90 Å². The molecule has 0 amide bonds. The van der Waals surface area contributed by atoms with Crippen LogP contribution in [0.2, 0.25) is 0 Å². The van der Waals surface area contributed by atoms with Crippen LogP contribution in [0.15, 0.2) is 30.3 Å². The van der Waals surface area contributed by atoms with E-state index in [4.69, 9.17) is 0 Å². The lowest BCUT2D eigenvalue weighted by Crippen LogP contribution is -2.48. The molecule has 4 nitrogen and oxygen atoms in total. The van der Waals surface area contributed by atoms with Gasteiger partial charge in [-0.15, -0.1) is 0 Å². The van der Waals surface area contributed by atoms with Crippen LogP contribution >= 0.6 is 0 Å². The minimum atomic E-state index is -0.675. The highest BCUT2D eigenvalue weighted by Gasteiger charge is 2.27. The second-order valence-corrected chi connectivity index (χ2v) is 7.60. The van der Waals surface area contributed by atoms with Gasteiger partial charge in [0.25, 0.3) is 0 Å². The second kappa shape index (κ2) is 9.19. The van der Waals surface area contributed by atoms with Gasteiger partial charge in [0.05, 0.1) is 5.92 Å². The molecular weight excluding hydrogens is 300 g/mol. The van der Waals surface area contributed by atoms with Crippen molar-refractivity contribution in [1.29, 1.82) is 0 Å². The molecule has 1 aromatic carbocycles. The van der Waals surface area contributed by atoms with Crippen molar-refractivity contribution in [2.45, 2.75) is 58.7 Å². The largest absolute Gasteiger partial charge is 0.481 e. The maximum Gasteiger partial charge on any atom is 0.307 e. The van der Waals surface area contributed by atoms with Crippen molar-refractivity contribution in [3.05, 3.63) is 35.9 Å². The van der Waals surface area contributed by atoms with Gasteiger partial charge in [-0.25, -0.2) is 0 Å². The second-order valence-electron chi connectivity index (χ2n) is 7.60. The van der Waals surface area contributed by atoms with Crippen LogP contribution in [0.5, 0.6) is 0 Å². The summed E-state index contributed by atoms with van der Waals surface area (Å²) in [7, 11) is 0. The highest BCUT2D eigenvalue weighted by atomic mass is 16.4. The van der Waals surface area contributed by atoms with E-state index in [9.17, 15) is 9.90 Å². The summed E-state index contributed by atoms with van der Waals surface area (Å²) in [5.74, 6) is -0.534. The Hall–Kier alpha value is -1.39. The average Bonchev–Trinajstić information content (AvgIpc) is 2.54. The van der Waals surface area contributed by atoms with E-state index in [0.29, 0.717) is 24.5 Å². The Balaban J connectivity index is 1.79. The number of hydrogen-bond donors (Lipinski definition) is 2. The molecule has 1 saturated heterocycles. The highest BCUT2D eigenvalue weighted by Crippen LogP contribution is 2.20. The molecule has 2 N–H and O–H groups in total. The van der Waals surface area contributed by atoms with Gasteiger partial charge in [-0.1, -0.05) is 44.2 Å². The fraction of sp³-hybridized carbons (Fsp3) is 0.650. The molecule has 1 aliphatic heterocycles. The Morgan fingerprint density at radius 2 is 2.04 bits per heavy atom. The Bertz CT molecular complexity index is 504. The van der Waals surface area contributed by atoms with E-state index in [1.807, 2.05) is 0 Å². The van der Waals surface area contributed by atoms with Gasteiger partial charge in [-0.05, 0) is 37.7 Å². The van der Waals surface area contributed by atoms with Crippen LogP contribution in [0.4, 0.5) is 0 Å². The molecule has 1 aromatic rings. The molecule has 4 heteroatoms. The van der Waals surface area contributed by atoms with E-state index in [0.717, 1.165) is 32.4 Å². The van der Waals surface area contributed by atoms with E-state index in [1.54, 1.807) is 0 Å². The summed E-state index contributed by atoms with van der Waals surface area (Å²) in [5, 5.41) is 12.9. The summed E-state index contributed by atoms with van der Waals surface area (Å²) in [6, 6.07) is 11.6. The maximum absolute atomic E-state index is 11.4. The smallest absolute Gasteiger partial charge is 0.307 e. The molecule has 0 spiro atoms. The number of aliphatic carboxylic acids is 1. The van der Waals surface area contributed by atoms with E-state index < -0.39 is 5.97 Å². The van der Waals surface area contributed by atoms with Crippen molar-refractivity contribution in [3.8, 4) is 0 Å². The number of carbonyl (C=O) groups is 1. The molecule has 0 aromatic heterocycles. The third kappa shape index (κ3) is 5.91. The van der Waals surface area contributed by atoms with Crippen LogP contribution in [-0.2, 0) is 11.3 Å². The van der Waals surface area contributed by atoms with Crippen LogP contribution < -0.4 is 5.32 Å². The number of carboxylic acid groups (broad SMARTS) is 1. The number of nitrogens with zero attached hydrogens (tertiary/aromatic N) is 1. The Kier molecular flexibility index (Phi) is 7.25. The van der Waals surface area contributed by atoms with Gasteiger partial charge < -0.3 is 10.4 Å². The predicted octanol–water partition coefficient (Wildman–Crippen LogP) is 3.38. The van der Waals surface area contributed by atoms with Crippen LogP contribution in [0, 0.1) is 11.8 Å². The molecule has 3 unspecified atom stereocenters. The third-order valence-electron chi connectivity index (χ3n) is 5.00. The first-order valence-corrected chi connectivity index (χ1v) is 9.20. The molecule has 1 fully saturated rings. The minimum Gasteiger partial charge on any atom is -0.481 e. The molecule has 134 valence electrons. The maximum atomic E-state index is 11.4. The quantitative estimate of drug-likeness (QED) is 0.766. The summed E-state index contributed by atoms with van der Waals surface area (Å²) in [5.41, 5.74) is 1.36. The Labute approximate surface area is 146 Å². The molecule has 0 saturated carbocycles. The van der Waals surface area contributed by atoms with E-state index in [1.165, 1.54) is 5.56 Å². The molecule has 1 aliphatic rings. The SMILES string of the molecule is CC(C)CC(CNC1CCN(Cc2ccccc2)C(C)C1)C(=O)O. The van der Waals surface area contributed by atoms with Gasteiger partial charge in [0.2, 0.25) is 0 Å². The molecule has 0 bridgehead atoms. The monoisotopic (exact) mass is 332 g/mol. The lowest BCUT2D eigenvalue weighted by molar-refractivity contribution is -0.142. The van der Waals surface area contributed by atoms with E-state index in [-0.39, 0.29) is 5.92 Å². The molecule has 24 heavy (non-hydrogen) atoms. The first-order valence-electron chi connectivity index (χ1n) is 9.20. The normalized spacial score (nSPS) is 23.3. The summed E-state index contributed by atoms with van der Waals surface area (Å²) in [6.45, 7) is 9.10. The zero-order chi connectivity index (χ0) is 17.5. The predicted molar refractivity (Wildman–Crippen MR) is 97.9 cm³/mol. The minimum absolute atomic E-state index is 0.275. The lowest BCUT2D eigenvalue weighted by Gasteiger charge is -2.38. The number of hydrogen-bond acceptors (Lipinski definition) is 3. The standard InChI is InChI=1S/C20H32N2O2/c1-15(2)11-18(20(23)24)13-21-19-9-10-22(16(3)12-19)14-17-7-5-4-6-8-17/h4-8,15-16,18-19,21H,9-14H2,1-3H3,(H,23,24). The van der Waals surface area contributed by atoms with Crippen LogP contribution in [0.25, 0.3) is 0 Å². The van der Waals surface area contributed by atoms with Crippen LogP contribution in [0.3, 0.4) is 0 Å². The first kappa shape index (κ1) is 18.9. The fourth-order valence-corrected chi connectivity index (χ4v) is 3.61. The van der Waals surface area contributed by atoms with Crippen molar-refractivity contribution in [2.24, 2.45) is 11.8 Å². The average molecular weight is 332 g/mol. The summed E-state index contributed by atoms with van der Waals surface area (Å²) >= 11 is 0. The third-order valence-corrected chi connectivity index (χ3v) is 5.00. The first-order chi connectivity index (χ1) is 11.5. The van der Waals surface area contributed by atoms with E-state index >= 15 is 0 Å². The van der Waals surface area contributed by atoms with Crippen molar-refractivity contribution in [3.63, 3.8) is 0 Å². The van der Waals surface area contributed by atoms with Crippen molar-refractivity contribution >= 4 is 5.97 Å². The van der Waals surface area contributed by atoms with Crippen LogP contribution in [-0.4, -0.2) is 41.1 Å². The van der Waals surface area contributed by atoms with E-state index in [2.05, 4.69) is 61.3 Å².